The molecule has 0 bridgehead atoms. The van der Waals surface area contributed by atoms with Crippen LogP contribution in [-0.2, 0) is 6.61 Å². The number of oxime groups is 1. The SMILES string of the molecule is COc1ccc(/C(N)=N/O)c(OCc2cccc(Br)c2)c1. The molecular weight excluding hydrogens is 336 g/mol. The average molecular weight is 351 g/mol. The highest BCUT2D eigenvalue weighted by molar-refractivity contribution is 9.10. The van der Waals surface area contributed by atoms with E-state index >= 15 is 0 Å². The van der Waals surface area contributed by atoms with E-state index in [4.69, 9.17) is 20.4 Å². The van der Waals surface area contributed by atoms with Crippen LogP contribution in [0.15, 0.2) is 52.1 Å². The first-order valence-electron chi connectivity index (χ1n) is 6.17. The molecule has 21 heavy (non-hydrogen) atoms. The molecule has 0 spiro atoms. The lowest BCUT2D eigenvalue weighted by molar-refractivity contribution is 0.301. The molecule has 3 N–H and O–H groups in total. The minimum absolute atomic E-state index is 0.0121. The van der Waals surface area contributed by atoms with Crippen molar-refractivity contribution in [1.29, 1.82) is 0 Å². The van der Waals surface area contributed by atoms with E-state index in [9.17, 15) is 0 Å². The van der Waals surface area contributed by atoms with E-state index in [1.54, 1.807) is 25.3 Å². The molecule has 5 nitrogen and oxygen atoms in total. The normalized spacial score (nSPS) is 11.2. The quantitative estimate of drug-likeness (QED) is 0.376. The molecule has 2 aromatic rings. The van der Waals surface area contributed by atoms with Crippen LogP contribution in [0.5, 0.6) is 11.5 Å². The van der Waals surface area contributed by atoms with Gasteiger partial charge < -0.3 is 20.4 Å². The maximum Gasteiger partial charge on any atom is 0.173 e. The van der Waals surface area contributed by atoms with Gasteiger partial charge in [0, 0.05) is 10.5 Å². The molecule has 110 valence electrons. The number of rotatable bonds is 5. The van der Waals surface area contributed by atoms with Gasteiger partial charge in [0.05, 0.1) is 12.7 Å². The highest BCUT2D eigenvalue weighted by Crippen LogP contribution is 2.26. The number of nitrogens with zero attached hydrogens (tertiary/aromatic N) is 1. The third kappa shape index (κ3) is 3.88. The molecule has 0 aliphatic heterocycles. The second-order valence-electron chi connectivity index (χ2n) is 4.27. The zero-order chi connectivity index (χ0) is 15.2. The summed E-state index contributed by atoms with van der Waals surface area (Å²) in [5.41, 5.74) is 7.16. The van der Waals surface area contributed by atoms with Crippen LogP contribution in [0.2, 0.25) is 0 Å². The lowest BCUT2D eigenvalue weighted by atomic mass is 10.1. The molecule has 0 aliphatic carbocycles. The van der Waals surface area contributed by atoms with E-state index in [0.717, 1.165) is 10.0 Å². The number of ether oxygens (including phenoxy) is 2. The van der Waals surface area contributed by atoms with E-state index in [0.29, 0.717) is 23.7 Å². The maximum atomic E-state index is 8.83. The number of nitrogens with two attached hydrogens (primary N) is 1. The average Bonchev–Trinajstić information content (AvgIpc) is 2.52. The summed E-state index contributed by atoms with van der Waals surface area (Å²) in [6, 6.07) is 12.9. The topological polar surface area (TPSA) is 77.1 Å². The van der Waals surface area contributed by atoms with Crippen molar-refractivity contribution in [2.75, 3.05) is 7.11 Å². The molecule has 0 amide bonds. The van der Waals surface area contributed by atoms with Gasteiger partial charge >= 0.3 is 0 Å². The minimum Gasteiger partial charge on any atom is -0.497 e. The van der Waals surface area contributed by atoms with Crippen molar-refractivity contribution in [3.63, 3.8) is 0 Å². The largest absolute Gasteiger partial charge is 0.497 e. The summed E-state index contributed by atoms with van der Waals surface area (Å²) in [5.74, 6) is 1.11. The van der Waals surface area contributed by atoms with Crippen LogP contribution < -0.4 is 15.2 Å². The van der Waals surface area contributed by atoms with Crippen LogP contribution in [0.3, 0.4) is 0 Å². The number of benzene rings is 2. The fourth-order valence-corrected chi connectivity index (χ4v) is 2.25. The van der Waals surface area contributed by atoms with Crippen molar-refractivity contribution in [2.24, 2.45) is 10.9 Å². The number of amidine groups is 1. The van der Waals surface area contributed by atoms with Crippen molar-refractivity contribution in [3.05, 3.63) is 58.1 Å². The Morgan fingerprint density at radius 2 is 2.10 bits per heavy atom. The molecule has 0 fully saturated rings. The first-order chi connectivity index (χ1) is 10.1. The van der Waals surface area contributed by atoms with Crippen molar-refractivity contribution >= 4 is 21.8 Å². The van der Waals surface area contributed by atoms with Crippen molar-refractivity contribution in [1.82, 2.24) is 0 Å². The van der Waals surface area contributed by atoms with Gasteiger partial charge in [0.15, 0.2) is 5.84 Å². The Labute approximate surface area is 131 Å². The molecule has 0 saturated heterocycles. The minimum atomic E-state index is -0.0121. The van der Waals surface area contributed by atoms with Gasteiger partial charge in [0.25, 0.3) is 0 Å². The second-order valence-corrected chi connectivity index (χ2v) is 5.18. The van der Waals surface area contributed by atoms with Crippen LogP contribution in [0.1, 0.15) is 11.1 Å². The van der Waals surface area contributed by atoms with Gasteiger partial charge in [-0.15, -0.1) is 0 Å². The van der Waals surface area contributed by atoms with Gasteiger partial charge in [-0.1, -0.05) is 33.2 Å². The summed E-state index contributed by atoms with van der Waals surface area (Å²) in [6.45, 7) is 0.359. The molecule has 2 aromatic carbocycles. The summed E-state index contributed by atoms with van der Waals surface area (Å²) >= 11 is 3.41. The molecule has 0 heterocycles. The van der Waals surface area contributed by atoms with Crippen LogP contribution >= 0.6 is 15.9 Å². The van der Waals surface area contributed by atoms with Crippen LogP contribution in [-0.4, -0.2) is 18.2 Å². The van der Waals surface area contributed by atoms with Gasteiger partial charge in [-0.3, -0.25) is 0 Å². The predicted molar refractivity (Wildman–Crippen MR) is 84.0 cm³/mol. The number of hydrogen-bond acceptors (Lipinski definition) is 4. The molecule has 0 atom stereocenters. The smallest absolute Gasteiger partial charge is 0.173 e. The summed E-state index contributed by atoms with van der Waals surface area (Å²) in [6.07, 6.45) is 0. The van der Waals surface area contributed by atoms with Gasteiger partial charge in [0.2, 0.25) is 0 Å². The molecule has 6 heteroatoms. The fraction of sp³-hybridized carbons (Fsp3) is 0.133. The van der Waals surface area contributed by atoms with Crippen LogP contribution in [0.25, 0.3) is 0 Å². The highest BCUT2D eigenvalue weighted by Gasteiger charge is 2.10. The van der Waals surface area contributed by atoms with Gasteiger partial charge in [-0.25, -0.2) is 0 Å². The summed E-state index contributed by atoms with van der Waals surface area (Å²) < 4.78 is 11.9. The van der Waals surface area contributed by atoms with Crippen LogP contribution in [0.4, 0.5) is 0 Å². The van der Waals surface area contributed by atoms with Gasteiger partial charge in [-0.05, 0) is 29.8 Å². The number of methoxy groups -OCH3 is 1. The Morgan fingerprint density at radius 1 is 1.29 bits per heavy atom. The standard InChI is InChI=1S/C15H15BrN2O3/c1-20-12-5-6-13(15(17)18-19)14(8-12)21-9-10-3-2-4-11(16)7-10/h2-8,19H,9H2,1H3,(H2,17,18). The van der Waals surface area contributed by atoms with Crippen LogP contribution in [0, 0.1) is 0 Å². The zero-order valence-corrected chi connectivity index (χ0v) is 13.0. The van der Waals surface area contributed by atoms with Crippen molar-refractivity contribution in [3.8, 4) is 11.5 Å². The summed E-state index contributed by atoms with van der Waals surface area (Å²) in [7, 11) is 1.57. The predicted octanol–water partition coefficient (Wildman–Crippen LogP) is 3.13. The lowest BCUT2D eigenvalue weighted by Crippen LogP contribution is -2.15. The molecule has 0 saturated carbocycles. The van der Waals surface area contributed by atoms with E-state index < -0.39 is 0 Å². The summed E-state index contributed by atoms with van der Waals surface area (Å²) in [5, 5.41) is 11.8. The van der Waals surface area contributed by atoms with E-state index in [-0.39, 0.29) is 5.84 Å². The van der Waals surface area contributed by atoms with E-state index in [1.807, 2.05) is 24.3 Å². The molecule has 0 aromatic heterocycles. The fourth-order valence-electron chi connectivity index (χ4n) is 1.80. The Balaban J connectivity index is 2.25. The molecule has 0 unspecified atom stereocenters. The Kier molecular flexibility index (Phi) is 5.05. The first-order valence-corrected chi connectivity index (χ1v) is 6.96. The monoisotopic (exact) mass is 350 g/mol. The Hall–Kier alpha value is -2.21. The zero-order valence-electron chi connectivity index (χ0n) is 11.4. The lowest BCUT2D eigenvalue weighted by Gasteiger charge is -2.12. The number of halogens is 1. The van der Waals surface area contributed by atoms with Crippen molar-refractivity contribution in [2.45, 2.75) is 6.61 Å². The molecule has 0 radical (unpaired) electrons. The first kappa shape index (κ1) is 15.2. The van der Waals surface area contributed by atoms with Gasteiger partial charge in [0.1, 0.15) is 18.1 Å². The third-order valence-corrected chi connectivity index (χ3v) is 3.35. The van der Waals surface area contributed by atoms with E-state index in [1.165, 1.54) is 0 Å². The number of hydrogen-bond donors (Lipinski definition) is 2. The molecule has 2 rings (SSSR count). The Morgan fingerprint density at radius 3 is 2.76 bits per heavy atom. The summed E-state index contributed by atoms with van der Waals surface area (Å²) in [4.78, 5) is 0. The maximum absolute atomic E-state index is 8.83. The third-order valence-electron chi connectivity index (χ3n) is 2.86. The second kappa shape index (κ2) is 6.99. The molecule has 0 aliphatic rings. The van der Waals surface area contributed by atoms with E-state index in [2.05, 4.69) is 21.1 Å². The van der Waals surface area contributed by atoms with Gasteiger partial charge in [-0.2, -0.15) is 0 Å². The Bertz CT molecular complexity index is 659. The molecular formula is C15H15BrN2O3. The van der Waals surface area contributed by atoms with Crippen molar-refractivity contribution < 1.29 is 14.7 Å². The highest BCUT2D eigenvalue weighted by atomic mass is 79.9.